The van der Waals surface area contributed by atoms with E-state index in [-0.39, 0.29) is 0 Å². The highest BCUT2D eigenvalue weighted by Crippen LogP contribution is 2.44. The number of rotatable bonds is 5. The molecule has 0 radical (unpaired) electrons. The van der Waals surface area contributed by atoms with E-state index in [9.17, 15) is 0 Å². The number of nitrogens with zero attached hydrogens (tertiary/aromatic N) is 4. The average molecular weight is 659 g/mol. The third-order valence-electron chi connectivity index (χ3n) is 9.69. The quantitative estimate of drug-likeness (QED) is 0.185. The van der Waals surface area contributed by atoms with Gasteiger partial charge < -0.3 is 4.57 Å². The number of hydrogen-bond acceptors (Lipinski definition) is 4. The maximum Gasteiger partial charge on any atom is 0.164 e. The lowest BCUT2D eigenvalue weighted by Gasteiger charge is -2.17. The van der Waals surface area contributed by atoms with Crippen molar-refractivity contribution in [1.82, 2.24) is 19.5 Å². The molecule has 50 heavy (non-hydrogen) atoms. The van der Waals surface area contributed by atoms with Crippen LogP contribution in [-0.4, -0.2) is 19.5 Å². The van der Waals surface area contributed by atoms with Crippen molar-refractivity contribution in [2.24, 2.45) is 0 Å². The Morgan fingerprint density at radius 3 is 1.78 bits per heavy atom. The first kappa shape index (κ1) is 28.8. The van der Waals surface area contributed by atoms with Crippen LogP contribution in [0.3, 0.4) is 0 Å². The van der Waals surface area contributed by atoms with Crippen molar-refractivity contribution < 1.29 is 0 Å². The summed E-state index contributed by atoms with van der Waals surface area (Å²) in [4.78, 5) is 15.3. The minimum absolute atomic E-state index is 0.647. The molecular weight excluding hydrogens is 629 g/mol. The van der Waals surface area contributed by atoms with Gasteiger partial charge in [-0.25, -0.2) is 15.0 Å². The summed E-state index contributed by atoms with van der Waals surface area (Å²) in [5.74, 6) is 1.96. The Balaban J connectivity index is 1.28. The van der Waals surface area contributed by atoms with E-state index in [2.05, 4.69) is 126 Å². The lowest BCUT2D eigenvalue weighted by atomic mass is 10.0. The van der Waals surface area contributed by atoms with Gasteiger partial charge >= 0.3 is 0 Å². The molecule has 0 bridgehead atoms. The van der Waals surface area contributed by atoms with Crippen LogP contribution in [0.2, 0.25) is 0 Å². The highest BCUT2D eigenvalue weighted by Gasteiger charge is 2.23. The van der Waals surface area contributed by atoms with Crippen LogP contribution in [0.4, 0.5) is 0 Å². The minimum Gasteiger partial charge on any atom is -0.311 e. The van der Waals surface area contributed by atoms with Gasteiger partial charge in [-0.15, -0.1) is 11.3 Å². The van der Waals surface area contributed by atoms with Gasteiger partial charge in [0.15, 0.2) is 17.5 Å². The van der Waals surface area contributed by atoms with E-state index >= 15 is 0 Å². The fourth-order valence-corrected chi connectivity index (χ4v) is 8.61. The van der Waals surface area contributed by atoms with Gasteiger partial charge in [-0.3, -0.25) is 0 Å². The Morgan fingerprint density at radius 1 is 0.500 bits per heavy atom. The first-order chi connectivity index (χ1) is 24.8. The number of fused-ring (bicyclic) bond motifs is 7. The number of aromatic nitrogens is 4. The third-order valence-corrected chi connectivity index (χ3v) is 10.9. The SMILES string of the molecule is C1=Cc2c(n(-c3cc(-c4ccccc4)cc(-c4nc(-c5ccccc5)nc(-c5ccccc5)n4)c3)c3c2ccc2c4ccccc4sc23)CC1. The molecule has 3 heterocycles. The molecule has 10 rings (SSSR count). The molecule has 0 amide bonds. The predicted octanol–water partition coefficient (Wildman–Crippen LogP) is 11.8. The van der Waals surface area contributed by atoms with Crippen molar-refractivity contribution >= 4 is 48.5 Å². The zero-order valence-corrected chi connectivity index (χ0v) is 27.9. The van der Waals surface area contributed by atoms with Crippen LogP contribution in [0.25, 0.3) is 88.1 Å². The smallest absolute Gasteiger partial charge is 0.164 e. The molecule has 0 unspecified atom stereocenters. The molecule has 0 saturated heterocycles. The molecule has 0 fully saturated rings. The van der Waals surface area contributed by atoms with Crippen molar-refractivity contribution in [3.05, 3.63) is 163 Å². The second kappa shape index (κ2) is 11.8. The molecule has 236 valence electrons. The molecule has 9 aromatic rings. The summed E-state index contributed by atoms with van der Waals surface area (Å²) in [6.07, 6.45) is 6.62. The molecule has 3 aromatic heterocycles. The third kappa shape index (κ3) is 4.78. The maximum absolute atomic E-state index is 5.14. The highest BCUT2D eigenvalue weighted by molar-refractivity contribution is 7.26. The monoisotopic (exact) mass is 658 g/mol. The number of hydrogen-bond donors (Lipinski definition) is 0. The van der Waals surface area contributed by atoms with Crippen LogP contribution in [0.5, 0.6) is 0 Å². The summed E-state index contributed by atoms with van der Waals surface area (Å²) in [5, 5.41) is 3.90. The topological polar surface area (TPSA) is 43.6 Å². The van der Waals surface area contributed by atoms with Gasteiger partial charge in [-0.1, -0.05) is 133 Å². The van der Waals surface area contributed by atoms with Crippen LogP contribution >= 0.6 is 11.3 Å². The number of allylic oxidation sites excluding steroid dienone is 1. The maximum atomic E-state index is 5.14. The van der Waals surface area contributed by atoms with E-state index in [1.807, 2.05) is 47.7 Å². The van der Waals surface area contributed by atoms with E-state index in [0.717, 1.165) is 46.3 Å². The predicted molar refractivity (Wildman–Crippen MR) is 209 cm³/mol. The van der Waals surface area contributed by atoms with Gasteiger partial charge in [0.25, 0.3) is 0 Å². The lowest BCUT2D eigenvalue weighted by Crippen LogP contribution is -2.05. The van der Waals surface area contributed by atoms with Gasteiger partial charge in [-0.2, -0.15) is 0 Å². The summed E-state index contributed by atoms with van der Waals surface area (Å²) in [5.41, 5.74) is 10.2. The van der Waals surface area contributed by atoms with E-state index < -0.39 is 0 Å². The molecule has 1 aliphatic carbocycles. The molecule has 0 N–H and O–H groups in total. The molecular formula is C45H30N4S. The zero-order chi connectivity index (χ0) is 33.0. The standard InChI is InChI=1S/C45H30N4S/c1-4-14-29(15-5-1)32-26-33(45-47-43(30-16-6-2-7-17-30)46-44(48-45)31-18-8-3-9-19-31)28-34(27-32)49-39-22-12-10-20-35(39)37-24-25-38-36-21-11-13-23-40(36)50-42(38)41(37)49/h1-11,13-21,23-28H,12,22H2. The van der Waals surface area contributed by atoms with Gasteiger partial charge in [0.05, 0.1) is 10.2 Å². The van der Waals surface area contributed by atoms with Crippen molar-refractivity contribution in [3.8, 4) is 51.0 Å². The van der Waals surface area contributed by atoms with Crippen LogP contribution in [0, 0.1) is 0 Å². The summed E-state index contributed by atoms with van der Waals surface area (Å²) < 4.78 is 5.15. The lowest BCUT2D eigenvalue weighted by molar-refractivity contribution is 0.890. The van der Waals surface area contributed by atoms with E-state index in [1.165, 1.54) is 42.3 Å². The molecule has 1 aliphatic rings. The van der Waals surface area contributed by atoms with Crippen LogP contribution in [0.1, 0.15) is 17.7 Å². The van der Waals surface area contributed by atoms with Crippen LogP contribution < -0.4 is 0 Å². The van der Waals surface area contributed by atoms with Crippen molar-refractivity contribution in [3.63, 3.8) is 0 Å². The fraction of sp³-hybridized carbons (Fsp3) is 0.0444. The highest BCUT2D eigenvalue weighted by atomic mass is 32.1. The largest absolute Gasteiger partial charge is 0.311 e. The van der Waals surface area contributed by atoms with Gasteiger partial charge in [0.1, 0.15) is 0 Å². The Hall–Kier alpha value is -6.17. The van der Waals surface area contributed by atoms with Crippen molar-refractivity contribution in [2.75, 3.05) is 0 Å². The second-order valence-corrected chi connectivity index (χ2v) is 13.8. The molecule has 0 atom stereocenters. The molecule has 0 aliphatic heterocycles. The Kier molecular flexibility index (Phi) is 6.78. The Morgan fingerprint density at radius 2 is 1.08 bits per heavy atom. The second-order valence-electron chi connectivity index (χ2n) is 12.7. The van der Waals surface area contributed by atoms with E-state index in [1.54, 1.807) is 0 Å². The average Bonchev–Trinajstić information content (AvgIpc) is 3.75. The Labute approximate surface area is 293 Å². The summed E-state index contributed by atoms with van der Waals surface area (Å²) in [6.45, 7) is 0. The normalized spacial score (nSPS) is 12.6. The summed E-state index contributed by atoms with van der Waals surface area (Å²) >= 11 is 1.89. The van der Waals surface area contributed by atoms with E-state index in [4.69, 9.17) is 15.0 Å². The molecule has 0 spiro atoms. The zero-order valence-electron chi connectivity index (χ0n) is 27.1. The first-order valence-corrected chi connectivity index (χ1v) is 17.8. The molecule has 6 aromatic carbocycles. The summed E-state index contributed by atoms with van der Waals surface area (Å²) in [6, 6.07) is 51.2. The molecule has 0 saturated carbocycles. The van der Waals surface area contributed by atoms with Crippen LogP contribution in [0.15, 0.2) is 152 Å². The van der Waals surface area contributed by atoms with Crippen molar-refractivity contribution in [1.29, 1.82) is 0 Å². The fourth-order valence-electron chi connectivity index (χ4n) is 7.37. The van der Waals surface area contributed by atoms with E-state index in [0.29, 0.717) is 17.5 Å². The van der Waals surface area contributed by atoms with Gasteiger partial charge in [0, 0.05) is 54.5 Å². The molecule has 4 nitrogen and oxygen atoms in total. The van der Waals surface area contributed by atoms with Gasteiger partial charge in [-0.05, 0) is 48.2 Å². The Bertz CT molecular complexity index is 2690. The number of benzene rings is 6. The van der Waals surface area contributed by atoms with Gasteiger partial charge in [0.2, 0.25) is 0 Å². The number of thiophene rings is 1. The summed E-state index contributed by atoms with van der Waals surface area (Å²) in [7, 11) is 0. The first-order valence-electron chi connectivity index (χ1n) is 17.0. The molecule has 5 heteroatoms. The van der Waals surface area contributed by atoms with Crippen LogP contribution in [-0.2, 0) is 6.42 Å². The van der Waals surface area contributed by atoms with Crippen molar-refractivity contribution in [2.45, 2.75) is 12.8 Å². The minimum atomic E-state index is 0.647.